The number of rotatable bonds is 2. The Morgan fingerprint density at radius 1 is 1.32 bits per heavy atom. The molecule has 2 aliphatic rings. The summed E-state index contributed by atoms with van der Waals surface area (Å²) < 4.78 is 19.4. The van der Waals surface area contributed by atoms with Crippen molar-refractivity contribution in [2.45, 2.75) is 25.0 Å². The number of nitrogens with zero attached hydrogens (tertiary/aromatic N) is 1. The average Bonchev–Trinajstić information content (AvgIpc) is 3.23. The van der Waals surface area contributed by atoms with E-state index >= 15 is 0 Å². The number of methoxy groups -OCH3 is 1. The lowest BCUT2D eigenvalue weighted by atomic mass is 9.97. The van der Waals surface area contributed by atoms with Crippen molar-refractivity contribution in [3.05, 3.63) is 46.1 Å². The zero-order valence-corrected chi connectivity index (χ0v) is 14.5. The van der Waals surface area contributed by atoms with Crippen molar-refractivity contribution in [2.75, 3.05) is 13.7 Å². The van der Waals surface area contributed by atoms with E-state index in [0.29, 0.717) is 23.1 Å². The van der Waals surface area contributed by atoms with Gasteiger partial charge in [0, 0.05) is 30.5 Å². The molecule has 0 aliphatic carbocycles. The first-order chi connectivity index (χ1) is 12.0. The second-order valence-electron chi connectivity index (χ2n) is 7.10. The second-order valence-corrected chi connectivity index (χ2v) is 7.10. The van der Waals surface area contributed by atoms with Crippen LogP contribution in [0, 0.1) is 0 Å². The van der Waals surface area contributed by atoms with E-state index in [-0.39, 0.29) is 17.1 Å². The van der Waals surface area contributed by atoms with Gasteiger partial charge in [-0.2, -0.15) is 0 Å². The van der Waals surface area contributed by atoms with Crippen LogP contribution in [0.4, 0.5) is 0 Å². The summed E-state index contributed by atoms with van der Waals surface area (Å²) >= 11 is 0. The van der Waals surface area contributed by atoms with Crippen molar-refractivity contribution < 1.29 is 14.2 Å². The van der Waals surface area contributed by atoms with E-state index in [1.54, 1.807) is 7.11 Å². The van der Waals surface area contributed by atoms with Gasteiger partial charge in [-0.1, -0.05) is 12.1 Å². The van der Waals surface area contributed by atoms with Crippen LogP contribution in [0.15, 0.2) is 35.1 Å². The monoisotopic (exact) mass is 337 g/mol. The Kier molecular flexibility index (Phi) is 2.82. The minimum Gasteiger partial charge on any atom is -0.496 e. The number of hydrogen-bond acceptors (Lipinski definition) is 4. The van der Waals surface area contributed by atoms with Crippen LogP contribution in [-0.2, 0) is 18.2 Å². The minimum absolute atomic E-state index is 0.000633. The molecule has 0 saturated carbocycles. The molecule has 3 aromatic rings. The molecule has 3 heterocycles. The van der Waals surface area contributed by atoms with Crippen LogP contribution < -0.4 is 14.9 Å². The maximum absolute atomic E-state index is 13.2. The van der Waals surface area contributed by atoms with Crippen LogP contribution in [0.1, 0.15) is 12.5 Å². The summed E-state index contributed by atoms with van der Waals surface area (Å²) in [5.74, 6) is 1.35. The molecule has 25 heavy (non-hydrogen) atoms. The summed E-state index contributed by atoms with van der Waals surface area (Å²) in [6, 6.07) is 9.52. The van der Waals surface area contributed by atoms with Gasteiger partial charge < -0.3 is 18.8 Å². The number of hydrogen-bond donors (Lipinski definition) is 0. The Balaban J connectivity index is 1.89. The maximum atomic E-state index is 13.2. The largest absolute Gasteiger partial charge is 0.496 e. The Hall–Kier alpha value is -2.53. The zero-order valence-electron chi connectivity index (χ0n) is 14.5. The first-order valence-electron chi connectivity index (χ1n) is 8.45. The third-order valence-corrected chi connectivity index (χ3v) is 5.56. The van der Waals surface area contributed by atoms with Crippen molar-refractivity contribution in [2.24, 2.45) is 7.05 Å². The Morgan fingerprint density at radius 3 is 2.80 bits per heavy atom. The number of aromatic nitrogens is 1. The fraction of sp³-hybridized carbons (Fsp3) is 0.350. The van der Waals surface area contributed by atoms with Gasteiger partial charge in [-0.15, -0.1) is 0 Å². The summed E-state index contributed by atoms with van der Waals surface area (Å²) in [6.07, 6.45) is 0.706. The van der Waals surface area contributed by atoms with E-state index in [4.69, 9.17) is 14.2 Å². The van der Waals surface area contributed by atoms with Crippen molar-refractivity contribution in [1.29, 1.82) is 0 Å². The zero-order chi connectivity index (χ0) is 17.3. The van der Waals surface area contributed by atoms with Crippen LogP contribution in [-0.4, -0.2) is 30.0 Å². The van der Waals surface area contributed by atoms with Gasteiger partial charge in [-0.3, -0.25) is 4.79 Å². The van der Waals surface area contributed by atoms with E-state index in [2.05, 4.69) is 11.5 Å². The van der Waals surface area contributed by atoms with Gasteiger partial charge in [-0.05, 0) is 19.1 Å². The van der Waals surface area contributed by atoms with Gasteiger partial charge in [0.25, 0.3) is 0 Å². The van der Waals surface area contributed by atoms with Crippen molar-refractivity contribution in [1.82, 2.24) is 4.57 Å². The average molecular weight is 337 g/mol. The number of epoxide rings is 1. The highest BCUT2D eigenvalue weighted by atomic mass is 16.6. The Bertz CT molecular complexity index is 1090. The van der Waals surface area contributed by atoms with E-state index in [1.807, 2.05) is 37.4 Å². The first-order valence-corrected chi connectivity index (χ1v) is 8.45. The summed E-state index contributed by atoms with van der Waals surface area (Å²) in [5, 5.41) is 1.32. The minimum atomic E-state index is -0.228. The third kappa shape index (κ3) is 1.90. The van der Waals surface area contributed by atoms with Crippen molar-refractivity contribution >= 4 is 21.8 Å². The Morgan fingerprint density at radius 2 is 2.08 bits per heavy atom. The predicted octanol–water partition coefficient (Wildman–Crippen LogP) is 2.79. The molecule has 1 saturated heterocycles. The third-order valence-electron chi connectivity index (χ3n) is 5.56. The molecule has 2 aromatic carbocycles. The number of fused-ring (bicyclic) bond motifs is 4. The number of aryl methyl sites for hydroxylation is 1. The molecule has 128 valence electrons. The van der Waals surface area contributed by atoms with Gasteiger partial charge in [0.2, 0.25) is 5.43 Å². The second kappa shape index (κ2) is 4.76. The molecule has 0 radical (unpaired) electrons. The highest BCUT2D eigenvalue weighted by Crippen LogP contribution is 2.45. The normalized spacial score (nSPS) is 24.4. The van der Waals surface area contributed by atoms with Crippen LogP contribution in [0.3, 0.4) is 0 Å². The smallest absolute Gasteiger partial charge is 0.200 e. The number of ether oxygens (including phenoxy) is 3. The maximum Gasteiger partial charge on any atom is 0.200 e. The quantitative estimate of drug-likeness (QED) is 0.533. The summed E-state index contributed by atoms with van der Waals surface area (Å²) in [4.78, 5) is 13.2. The molecule has 0 spiro atoms. The molecule has 2 atom stereocenters. The van der Waals surface area contributed by atoms with E-state index in [1.165, 1.54) is 0 Å². The van der Waals surface area contributed by atoms with Gasteiger partial charge in [0.15, 0.2) is 0 Å². The Labute approximate surface area is 144 Å². The standard InChI is InChI=1S/C20H19NO4/c1-20(10-24-20)16-8-12-14(25-16)9-15(23-3)17-18(12)21(2)13-7-5-4-6-11(13)19(17)22/h4-7,9,16H,8,10H2,1-3H3/t16-,20+/m1/s1. The van der Waals surface area contributed by atoms with E-state index in [9.17, 15) is 4.79 Å². The van der Waals surface area contributed by atoms with Crippen molar-refractivity contribution in [3.8, 4) is 11.5 Å². The summed E-state index contributed by atoms with van der Waals surface area (Å²) in [6.45, 7) is 2.78. The highest BCUT2D eigenvalue weighted by Gasteiger charge is 2.51. The van der Waals surface area contributed by atoms with Crippen LogP contribution in [0.2, 0.25) is 0 Å². The molecule has 0 amide bonds. The lowest BCUT2D eigenvalue weighted by molar-refractivity contribution is 0.127. The molecule has 5 heteroatoms. The van der Waals surface area contributed by atoms with Gasteiger partial charge >= 0.3 is 0 Å². The molecule has 5 nitrogen and oxygen atoms in total. The molecule has 1 aromatic heterocycles. The van der Waals surface area contributed by atoms with Crippen LogP contribution in [0.25, 0.3) is 21.8 Å². The summed E-state index contributed by atoms with van der Waals surface area (Å²) in [5.41, 5.74) is 2.63. The van der Waals surface area contributed by atoms with Crippen LogP contribution >= 0.6 is 0 Å². The molecular weight excluding hydrogens is 318 g/mol. The van der Waals surface area contributed by atoms with Gasteiger partial charge in [0.1, 0.15) is 23.2 Å². The molecule has 2 aliphatic heterocycles. The summed E-state index contributed by atoms with van der Waals surface area (Å²) in [7, 11) is 3.58. The van der Waals surface area contributed by atoms with Gasteiger partial charge in [-0.25, -0.2) is 0 Å². The topological polar surface area (TPSA) is 53.0 Å². The van der Waals surface area contributed by atoms with Crippen LogP contribution in [0.5, 0.6) is 11.5 Å². The number of para-hydroxylation sites is 1. The molecule has 0 N–H and O–H groups in total. The lowest BCUT2D eigenvalue weighted by Gasteiger charge is -2.15. The molecule has 1 fully saturated rings. The first kappa shape index (κ1) is 14.8. The predicted molar refractivity (Wildman–Crippen MR) is 95.7 cm³/mol. The molecule has 0 bridgehead atoms. The van der Waals surface area contributed by atoms with Gasteiger partial charge in [0.05, 0.1) is 30.1 Å². The molecule has 5 rings (SSSR count). The fourth-order valence-corrected chi connectivity index (χ4v) is 3.95. The number of benzene rings is 2. The highest BCUT2D eigenvalue weighted by molar-refractivity contribution is 5.99. The molecular formula is C20H19NO4. The number of pyridine rings is 1. The lowest BCUT2D eigenvalue weighted by Crippen LogP contribution is -2.30. The van der Waals surface area contributed by atoms with Crippen molar-refractivity contribution in [3.63, 3.8) is 0 Å². The van der Waals surface area contributed by atoms with E-state index < -0.39 is 0 Å². The fourth-order valence-electron chi connectivity index (χ4n) is 3.95. The SMILES string of the molecule is COc1cc2c(c3c1c(=O)c1ccccc1n3C)C[C@H]([C@]1(C)CO1)O2. The molecule has 0 unspecified atom stereocenters. The van der Waals surface area contributed by atoms with E-state index in [0.717, 1.165) is 28.8 Å².